The fraction of sp³-hybridized carbons (Fsp3) is 0.103. The van der Waals surface area contributed by atoms with Gasteiger partial charge in [0.05, 0.1) is 9.79 Å². The highest BCUT2D eigenvalue weighted by molar-refractivity contribution is 7.86. The quantitative estimate of drug-likeness (QED) is 0.0333. The van der Waals surface area contributed by atoms with Crippen LogP contribution in [0.1, 0.15) is 44.5 Å². The van der Waals surface area contributed by atoms with Crippen LogP contribution in [-0.2, 0) is 58.8 Å². The van der Waals surface area contributed by atoms with Crippen molar-refractivity contribution in [3.8, 4) is 0 Å². The number of hydrogen-bond acceptors (Lipinski definition) is 6. The van der Waals surface area contributed by atoms with Gasteiger partial charge in [0.15, 0.2) is 0 Å². The third kappa shape index (κ3) is 27.2. The molecule has 0 aliphatic heterocycles. The molecule has 0 fully saturated rings. The van der Waals surface area contributed by atoms with Gasteiger partial charge >= 0.3 is 11.9 Å². The highest BCUT2D eigenvalue weighted by Gasteiger charge is 2.02. The summed E-state index contributed by atoms with van der Waals surface area (Å²) in [5, 5.41) is 9.17. The number of rotatable bonds is 13. The van der Waals surface area contributed by atoms with Crippen molar-refractivity contribution < 1.29 is 36.8 Å². The van der Waals surface area contributed by atoms with E-state index in [4.69, 9.17) is 0 Å². The van der Waals surface area contributed by atoms with Crippen molar-refractivity contribution in [3.63, 3.8) is 0 Å². The smallest absolute Gasteiger partial charge is 0.336 e. The minimum atomic E-state index is -4.47. The summed E-state index contributed by atoms with van der Waals surface area (Å²) in [5.41, 5.74) is 28.1. The van der Waals surface area contributed by atoms with Crippen LogP contribution in [-0.4, -0.2) is 37.9 Å². The third-order valence-corrected chi connectivity index (χ3v) is 11.7. The zero-order valence-corrected chi connectivity index (χ0v) is 41.7. The zero-order chi connectivity index (χ0) is 52.5. The molecule has 0 spiro atoms. The zero-order valence-electron chi connectivity index (χ0n) is 40.1. The van der Waals surface area contributed by atoms with Gasteiger partial charge in [0.25, 0.3) is 0 Å². The molecule has 374 valence electrons. The first-order valence-electron chi connectivity index (χ1n) is 22.8. The molecule has 8 aromatic carbocycles. The van der Waals surface area contributed by atoms with Gasteiger partial charge in [-0.25, -0.2) is 16.8 Å². The highest BCUT2D eigenvalue weighted by atomic mass is 32.2. The second kappa shape index (κ2) is 32.6. The lowest BCUT2D eigenvalue weighted by atomic mass is 10.0. The number of nitrogens with two attached hydrogens (primary N) is 6. The molecule has 0 aromatic heterocycles. The molecule has 0 saturated heterocycles. The van der Waals surface area contributed by atoms with Crippen LogP contribution in [0.3, 0.4) is 0 Å². The standard InChI is InChI=1S/C14H12O6S2.3C14H14.2CH5N3/c15-21(16,17)13-7-3-11(4-8-13)1-2-12-5-9-14(10-6-12)22(18,19)20;3*1-3-7-13(8-4-1)11-12-14-9-5-2-6-10-14;2*2-1(3)4/h1-10H,(H,15,16,17)(H,18,19,20);3*1-10H,11-12H2;2*(H5,2,3,4)/b2-1+;;;;;. The summed E-state index contributed by atoms with van der Waals surface area (Å²) in [6.45, 7) is 0. The molecule has 0 radical (unpaired) electrons. The number of hydrogen-bond donors (Lipinski definition) is 6. The summed E-state index contributed by atoms with van der Waals surface area (Å²) in [6, 6.07) is 74.4. The summed E-state index contributed by atoms with van der Waals surface area (Å²) in [4.78, 5) is -0.621. The van der Waals surface area contributed by atoms with Crippen molar-refractivity contribution in [2.75, 3.05) is 0 Å². The van der Waals surface area contributed by atoms with E-state index >= 15 is 0 Å². The summed E-state index contributed by atoms with van der Waals surface area (Å²) in [5.74, 6) is -0.167. The maximum atomic E-state index is 10.8. The molecular formula is C58H64N6O6S2. The van der Waals surface area contributed by atoms with Gasteiger partial charge in [-0.05, 0) is 107 Å². The molecule has 0 heterocycles. The predicted molar refractivity (Wildman–Crippen MR) is 289 cm³/mol. The number of aryl methyl sites for hydroxylation is 6. The van der Waals surface area contributed by atoms with E-state index in [-0.39, 0.29) is 21.7 Å². The average molecular weight is 1010 g/mol. The largest absolute Gasteiger partial charge is 0.744 e. The Kier molecular flexibility index (Phi) is 26.4. The van der Waals surface area contributed by atoms with Crippen molar-refractivity contribution in [1.29, 1.82) is 0 Å². The SMILES string of the molecule is NC(N)=[NH2+].NC(N)=[NH2+].O=S(=O)([O-])c1ccc(/C=C/c2ccc(S(=O)(=O)[O-])cc2)cc1.c1ccc(CCc2ccccc2)cc1.c1ccc(CCc2ccccc2)cc1.c1ccc(CCc2ccccc2)cc1. The van der Waals surface area contributed by atoms with Crippen LogP contribution in [0.15, 0.2) is 240 Å². The lowest BCUT2D eigenvalue weighted by Gasteiger charge is -2.07. The van der Waals surface area contributed by atoms with Crippen molar-refractivity contribution >= 4 is 44.3 Å². The van der Waals surface area contributed by atoms with Crippen LogP contribution in [0.5, 0.6) is 0 Å². The Bertz CT molecular complexity index is 2590. The Morgan fingerprint density at radius 1 is 0.319 bits per heavy atom. The summed E-state index contributed by atoms with van der Waals surface area (Å²) in [7, 11) is -8.93. The molecule has 0 amide bonds. The first-order chi connectivity index (χ1) is 34.5. The van der Waals surface area contributed by atoms with E-state index in [2.05, 4.69) is 216 Å². The third-order valence-electron chi connectivity index (χ3n) is 9.97. The molecule has 12 N–H and O–H groups in total. The van der Waals surface area contributed by atoms with Crippen molar-refractivity contribution in [2.24, 2.45) is 22.9 Å². The maximum absolute atomic E-state index is 10.8. The average Bonchev–Trinajstić information content (AvgIpc) is 3.38. The van der Waals surface area contributed by atoms with Gasteiger partial charge in [0, 0.05) is 0 Å². The van der Waals surface area contributed by atoms with E-state index in [0.29, 0.717) is 11.1 Å². The molecule has 0 aliphatic carbocycles. The van der Waals surface area contributed by atoms with Crippen LogP contribution in [0, 0.1) is 0 Å². The van der Waals surface area contributed by atoms with Gasteiger partial charge in [-0.1, -0.05) is 218 Å². The van der Waals surface area contributed by atoms with E-state index in [1.165, 1.54) is 81.9 Å². The molecule has 0 unspecified atom stereocenters. The minimum absolute atomic E-state index is 0.0833. The maximum Gasteiger partial charge on any atom is 0.336 e. The monoisotopic (exact) mass is 1000 g/mol. The van der Waals surface area contributed by atoms with E-state index in [0.717, 1.165) is 38.5 Å². The van der Waals surface area contributed by atoms with E-state index in [9.17, 15) is 25.9 Å². The van der Waals surface area contributed by atoms with Gasteiger partial charge in [-0.3, -0.25) is 33.8 Å². The molecule has 0 saturated carbocycles. The Morgan fingerprint density at radius 2 is 0.472 bits per heavy atom. The van der Waals surface area contributed by atoms with E-state index in [1.54, 1.807) is 12.2 Å². The first-order valence-corrected chi connectivity index (χ1v) is 25.6. The fourth-order valence-corrected chi connectivity index (χ4v) is 7.36. The van der Waals surface area contributed by atoms with Crippen molar-refractivity contribution in [1.82, 2.24) is 0 Å². The van der Waals surface area contributed by atoms with Crippen LogP contribution in [0.25, 0.3) is 12.2 Å². The Hall–Kier alpha value is -8.14. The summed E-state index contributed by atoms with van der Waals surface area (Å²) >= 11 is 0. The molecule has 8 rings (SSSR count). The Balaban J connectivity index is 0.000000245. The first kappa shape index (κ1) is 58.2. The van der Waals surface area contributed by atoms with Crippen LogP contribution in [0.2, 0.25) is 0 Å². The Morgan fingerprint density at radius 3 is 0.611 bits per heavy atom. The van der Waals surface area contributed by atoms with Crippen molar-refractivity contribution in [3.05, 3.63) is 275 Å². The van der Waals surface area contributed by atoms with E-state index < -0.39 is 20.2 Å². The lowest BCUT2D eigenvalue weighted by molar-refractivity contribution is -0.117. The minimum Gasteiger partial charge on any atom is -0.744 e. The van der Waals surface area contributed by atoms with Crippen LogP contribution < -0.4 is 33.8 Å². The molecule has 0 atom stereocenters. The van der Waals surface area contributed by atoms with Gasteiger partial charge in [-0.15, -0.1) is 0 Å². The van der Waals surface area contributed by atoms with Gasteiger partial charge < -0.3 is 9.11 Å². The highest BCUT2D eigenvalue weighted by Crippen LogP contribution is 2.15. The molecular weight excluding hydrogens is 941 g/mol. The van der Waals surface area contributed by atoms with Gasteiger partial charge in [-0.2, -0.15) is 0 Å². The van der Waals surface area contributed by atoms with Crippen LogP contribution >= 0.6 is 0 Å². The molecule has 72 heavy (non-hydrogen) atoms. The number of benzene rings is 8. The topological polar surface area (TPSA) is 270 Å². The van der Waals surface area contributed by atoms with Gasteiger partial charge in [0.1, 0.15) is 20.2 Å². The molecule has 0 aliphatic rings. The number of guanidine groups is 2. The molecule has 14 heteroatoms. The summed E-state index contributed by atoms with van der Waals surface area (Å²) < 4.78 is 64.7. The van der Waals surface area contributed by atoms with E-state index in [1.807, 2.05) is 0 Å². The normalized spacial score (nSPS) is 10.4. The predicted octanol–water partition coefficient (Wildman–Crippen LogP) is 6.12. The Labute approximate surface area is 425 Å². The summed E-state index contributed by atoms with van der Waals surface area (Å²) in [6.07, 6.45) is 10.1. The molecule has 12 nitrogen and oxygen atoms in total. The second-order valence-electron chi connectivity index (χ2n) is 15.8. The molecule has 0 bridgehead atoms. The molecule has 8 aromatic rings. The van der Waals surface area contributed by atoms with Crippen molar-refractivity contribution in [2.45, 2.75) is 48.3 Å². The lowest BCUT2D eigenvalue weighted by Crippen LogP contribution is -2.51. The second-order valence-corrected chi connectivity index (χ2v) is 18.6. The fourth-order valence-electron chi connectivity index (χ4n) is 6.42. The van der Waals surface area contributed by atoms with Crippen LogP contribution in [0.4, 0.5) is 0 Å². The van der Waals surface area contributed by atoms with Gasteiger partial charge in [0.2, 0.25) is 0 Å².